The number of carbonyl (C=O) groups excluding carboxylic acids is 1. The zero-order valence-electron chi connectivity index (χ0n) is 13.6. The normalized spacial score (nSPS) is 21.2. The molecule has 1 unspecified atom stereocenters. The maximum Gasteiger partial charge on any atom is 0.253 e. The lowest BCUT2D eigenvalue weighted by atomic mass is 10.0. The van der Waals surface area contributed by atoms with E-state index in [1.165, 1.54) is 31.9 Å². The van der Waals surface area contributed by atoms with Crippen molar-refractivity contribution in [1.82, 2.24) is 9.29 Å². The van der Waals surface area contributed by atoms with E-state index < -0.39 is 16.1 Å². The van der Waals surface area contributed by atoms with Crippen LogP contribution >= 0.6 is 22.7 Å². The number of carbonyl (C=O) groups is 1. The van der Waals surface area contributed by atoms with Crippen molar-refractivity contribution in [3.8, 4) is 0 Å². The number of nitrogens with zero attached hydrogens (tertiary/aromatic N) is 2. The number of amides is 1. The van der Waals surface area contributed by atoms with Crippen molar-refractivity contribution in [2.24, 2.45) is 0 Å². The van der Waals surface area contributed by atoms with E-state index in [1.807, 2.05) is 0 Å². The average molecular weight is 398 g/mol. The van der Waals surface area contributed by atoms with Gasteiger partial charge in [0, 0.05) is 11.4 Å². The zero-order chi connectivity index (χ0) is 17.4. The van der Waals surface area contributed by atoms with Gasteiger partial charge in [-0.2, -0.15) is 4.31 Å². The fraction of sp³-hybridized carbons (Fsp3) is 0.500. The third-order valence-corrected chi connectivity index (χ3v) is 8.99. The minimum Gasteiger partial charge on any atom is -0.301 e. The first-order valence-electron chi connectivity index (χ1n) is 8.40. The fourth-order valence-corrected chi connectivity index (χ4v) is 7.24. The van der Waals surface area contributed by atoms with Crippen LogP contribution in [0.2, 0.25) is 0 Å². The number of thiophene rings is 1. The van der Waals surface area contributed by atoms with Crippen LogP contribution in [-0.4, -0.2) is 36.2 Å². The number of anilines is 1. The van der Waals surface area contributed by atoms with Crippen molar-refractivity contribution >= 4 is 43.7 Å². The lowest BCUT2D eigenvalue weighted by molar-refractivity contribution is -0.120. The van der Waals surface area contributed by atoms with Gasteiger partial charge in [-0.25, -0.2) is 13.4 Å². The number of nitrogens with one attached hydrogen (secondary N) is 1. The van der Waals surface area contributed by atoms with Crippen LogP contribution in [0.3, 0.4) is 0 Å². The van der Waals surface area contributed by atoms with Gasteiger partial charge in [0.05, 0.1) is 5.69 Å². The molecule has 0 radical (unpaired) electrons. The van der Waals surface area contributed by atoms with Gasteiger partial charge in [0.25, 0.3) is 10.0 Å². The van der Waals surface area contributed by atoms with E-state index in [4.69, 9.17) is 0 Å². The summed E-state index contributed by atoms with van der Waals surface area (Å²) in [5.74, 6) is -0.271. The van der Waals surface area contributed by atoms with Gasteiger partial charge >= 0.3 is 0 Å². The lowest BCUT2D eigenvalue weighted by Crippen LogP contribution is -2.49. The van der Waals surface area contributed by atoms with Crippen molar-refractivity contribution in [3.05, 3.63) is 28.1 Å². The number of hydrogen-bond acceptors (Lipinski definition) is 6. The van der Waals surface area contributed by atoms with E-state index in [0.29, 0.717) is 22.3 Å². The molecule has 0 bridgehead atoms. The Kier molecular flexibility index (Phi) is 4.65. The number of fused-ring (bicyclic) bond motifs is 1. The minimum atomic E-state index is -3.63. The first kappa shape index (κ1) is 17.1. The van der Waals surface area contributed by atoms with Crippen LogP contribution in [0.4, 0.5) is 5.13 Å². The molecule has 6 nitrogen and oxygen atoms in total. The first-order valence-corrected chi connectivity index (χ1v) is 11.5. The molecule has 1 aliphatic heterocycles. The number of piperidine rings is 1. The smallest absolute Gasteiger partial charge is 0.253 e. The van der Waals surface area contributed by atoms with Crippen LogP contribution in [0.5, 0.6) is 0 Å². The summed E-state index contributed by atoms with van der Waals surface area (Å²) in [6.07, 6.45) is 5.28. The topological polar surface area (TPSA) is 79.4 Å². The molecule has 2 aromatic rings. The van der Waals surface area contributed by atoms with E-state index in [1.54, 1.807) is 17.5 Å². The predicted molar refractivity (Wildman–Crippen MR) is 98.6 cm³/mol. The third-order valence-electron chi connectivity index (χ3n) is 4.64. The molecule has 0 spiro atoms. The maximum atomic E-state index is 12.9. The standard InChI is InChI=1S/C16H19N3O3S3/c20-15(18-16-17-11-5-3-7-13(11)24-16)12-6-1-2-9-19(12)25(21,22)14-8-4-10-23-14/h4,8,10,12H,1-3,5-7,9H2,(H,17,18,20). The highest BCUT2D eigenvalue weighted by molar-refractivity contribution is 7.91. The Balaban J connectivity index is 1.55. The number of thiazole rings is 1. The summed E-state index contributed by atoms with van der Waals surface area (Å²) in [7, 11) is -3.63. The molecule has 1 fully saturated rings. The third kappa shape index (κ3) is 3.25. The maximum absolute atomic E-state index is 12.9. The molecule has 1 aliphatic carbocycles. The molecule has 3 heterocycles. The van der Waals surface area contributed by atoms with Gasteiger partial charge in [-0.15, -0.1) is 22.7 Å². The van der Waals surface area contributed by atoms with Crippen LogP contribution in [0.1, 0.15) is 36.3 Å². The summed E-state index contributed by atoms with van der Waals surface area (Å²) in [5, 5.41) is 5.18. The highest BCUT2D eigenvalue weighted by Gasteiger charge is 2.38. The Morgan fingerprint density at radius 1 is 1.28 bits per heavy atom. The van der Waals surface area contributed by atoms with E-state index in [0.717, 1.165) is 37.8 Å². The molecular weight excluding hydrogens is 378 g/mol. The van der Waals surface area contributed by atoms with Crippen LogP contribution in [0.15, 0.2) is 21.7 Å². The largest absolute Gasteiger partial charge is 0.301 e. The number of hydrogen-bond donors (Lipinski definition) is 1. The number of aromatic nitrogens is 1. The predicted octanol–water partition coefficient (Wildman–Crippen LogP) is 2.88. The molecule has 0 aromatic carbocycles. The SMILES string of the molecule is O=C(Nc1nc2c(s1)CCC2)C1CCCCN1S(=O)(=O)c1cccs1. The van der Waals surface area contributed by atoms with Gasteiger partial charge < -0.3 is 5.32 Å². The molecule has 9 heteroatoms. The van der Waals surface area contributed by atoms with Gasteiger partial charge in [0.2, 0.25) is 5.91 Å². The average Bonchev–Trinajstić information content (AvgIpc) is 3.32. The summed E-state index contributed by atoms with van der Waals surface area (Å²) >= 11 is 2.70. The van der Waals surface area contributed by atoms with Gasteiger partial charge in [-0.3, -0.25) is 4.79 Å². The molecule has 1 amide bonds. The second-order valence-electron chi connectivity index (χ2n) is 6.29. The van der Waals surface area contributed by atoms with Crippen molar-refractivity contribution in [3.63, 3.8) is 0 Å². The molecule has 25 heavy (non-hydrogen) atoms. The zero-order valence-corrected chi connectivity index (χ0v) is 16.1. The van der Waals surface area contributed by atoms with Crippen LogP contribution < -0.4 is 5.32 Å². The Hall–Kier alpha value is -1.29. The number of sulfonamides is 1. The van der Waals surface area contributed by atoms with E-state index in [-0.39, 0.29) is 5.91 Å². The Morgan fingerprint density at radius 2 is 2.16 bits per heavy atom. The van der Waals surface area contributed by atoms with Crippen molar-refractivity contribution in [2.75, 3.05) is 11.9 Å². The number of aryl methyl sites for hydroxylation is 2. The molecule has 2 aromatic heterocycles. The second kappa shape index (κ2) is 6.79. The van der Waals surface area contributed by atoms with Gasteiger partial charge in [0.1, 0.15) is 10.3 Å². The van der Waals surface area contributed by atoms with E-state index in [9.17, 15) is 13.2 Å². The molecule has 134 valence electrons. The van der Waals surface area contributed by atoms with Crippen molar-refractivity contribution in [1.29, 1.82) is 0 Å². The minimum absolute atomic E-state index is 0.271. The molecule has 1 saturated heterocycles. The van der Waals surface area contributed by atoms with Crippen LogP contribution in [-0.2, 0) is 27.7 Å². The summed E-state index contributed by atoms with van der Waals surface area (Å²) in [5.41, 5.74) is 1.08. The monoisotopic (exact) mass is 397 g/mol. The second-order valence-corrected chi connectivity index (χ2v) is 10.4. The highest BCUT2D eigenvalue weighted by atomic mass is 32.2. The fourth-order valence-electron chi connectivity index (χ4n) is 3.41. The summed E-state index contributed by atoms with van der Waals surface area (Å²) < 4.78 is 27.4. The van der Waals surface area contributed by atoms with E-state index >= 15 is 0 Å². The summed E-state index contributed by atoms with van der Waals surface area (Å²) in [4.78, 5) is 18.5. The van der Waals surface area contributed by atoms with Crippen LogP contribution in [0, 0.1) is 0 Å². The molecule has 1 N–H and O–H groups in total. The highest BCUT2D eigenvalue weighted by Crippen LogP contribution is 2.32. The van der Waals surface area contributed by atoms with E-state index in [2.05, 4.69) is 10.3 Å². The first-order chi connectivity index (χ1) is 12.1. The Labute approximate surface area is 154 Å². The number of rotatable bonds is 4. The van der Waals surface area contributed by atoms with Gasteiger partial charge in [0.15, 0.2) is 5.13 Å². The Bertz CT molecular complexity index is 852. The molecule has 4 rings (SSSR count). The summed E-state index contributed by atoms with van der Waals surface area (Å²) in [6, 6.07) is 2.64. The summed E-state index contributed by atoms with van der Waals surface area (Å²) in [6.45, 7) is 0.382. The van der Waals surface area contributed by atoms with Gasteiger partial charge in [-0.1, -0.05) is 12.5 Å². The van der Waals surface area contributed by atoms with Crippen molar-refractivity contribution < 1.29 is 13.2 Å². The lowest BCUT2D eigenvalue weighted by Gasteiger charge is -2.32. The van der Waals surface area contributed by atoms with Crippen LogP contribution in [0.25, 0.3) is 0 Å². The van der Waals surface area contributed by atoms with Crippen molar-refractivity contribution in [2.45, 2.75) is 48.8 Å². The molecule has 2 aliphatic rings. The Morgan fingerprint density at radius 3 is 2.92 bits per heavy atom. The molecule has 0 saturated carbocycles. The molecule has 1 atom stereocenters. The quantitative estimate of drug-likeness (QED) is 0.860. The van der Waals surface area contributed by atoms with Gasteiger partial charge in [-0.05, 0) is 43.6 Å². The molecular formula is C16H19N3O3S3.